The third kappa shape index (κ3) is 4.37. The van der Waals surface area contributed by atoms with Crippen LogP contribution in [0.15, 0.2) is 127 Å². The minimum atomic E-state index is -0.600. The van der Waals surface area contributed by atoms with Gasteiger partial charge in [-0.2, -0.15) is 0 Å². The SMILES string of the molecule is CCN1CCCc2cc3cc4c(cc3cc21)C1(c2ccccc2Oc2ccccc21)c1cc2cc3c(cc2cc1=C4c1ccccc1)CCC[N+]=3CC. The van der Waals surface area contributed by atoms with Crippen molar-refractivity contribution in [3.63, 3.8) is 0 Å². The van der Waals surface area contributed by atoms with Gasteiger partial charge in [0.05, 0.1) is 5.41 Å². The molecule has 0 aromatic heterocycles. The van der Waals surface area contributed by atoms with Crippen LogP contribution in [0, 0.1) is 0 Å². The molecule has 1 aliphatic carbocycles. The van der Waals surface area contributed by atoms with Gasteiger partial charge in [-0.3, -0.25) is 0 Å². The summed E-state index contributed by atoms with van der Waals surface area (Å²) in [6.45, 7) is 8.86. The second kappa shape index (κ2) is 11.7. The van der Waals surface area contributed by atoms with E-state index in [9.17, 15) is 0 Å². The summed E-state index contributed by atoms with van der Waals surface area (Å²) in [5.74, 6) is 1.85. The van der Waals surface area contributed by atoms with E-state index in [1.807, 2.05) is 0 Å². The molecule has 1 spiro atoms. The van der Waals surface area contributed by atoms with Crippen molar-refractivity contribution in [2.24, 2.45) is 0 Å². The number of hydrogen-bond donors (Lipinski definition) is 0. The molecule has 0 amide bonds. The van der Waals surface area contributed by atoms with Crippen LogP contribution in [0.5, 0.6) is 11.5 Å². The monoisotopic (exact) mass is 687 g/mol. The van der Waals surface area contributed by atoms with Crippen LogP contribution in [0.1, 0.15) is 71.2 Å². The fraction of sp³-hybridized carbons (Fsp3) is 0.220. The highest BCUT2D eigenvalue weighted by Gasteiger charge is 2.49. The zero-order valence-electron chi connectivity index (χ0n) is 30.6. The Kier molecular flexibility index (Phi) is 6.80. The van der Waals surface area contributed by atoms with Crippen molar-refractivity contribution >= 4 is 32.8 Å². The number of hydrogen-bond acceptors (Lipinski definition) is 2. The molecule has 0 saturated carbocycles. The van der Waals surface area contributed by atoms with E-state index in [0.29, 0.717) is 0 Å². The van der Waals surface area contributed by atoms with E-state index < -0.39 is 5.41 Å². The highest BCUT2D eigenvalue weighted by Crippen LogP contribution is 2.58. The fourth-order valence-electron chi connectivity index (χ4n) is 10.4. The summed E-state index contributed by atoms with van der Waals surface area (Å²) in [6, 6.07) is 48.8. The van der Waals surface area contributed by atoms with Crippen molar-refractivity contribution in [3.8, 4) is 11.5 Å². The molecule has 3 heteroatoms. The second-order valence-corrected chi connectivity index (χ2v) is 15.4. The average Bonchev–Trinajstić information content (AvgIpc) is 3.21. The molecule has 0 saturated heterocycles. The molecule has 0 N–H and O–H groups in total. The lowest BCUT2D eigenvalue weighted by Gasteiger charge is -2.45. The zero-order valence-corrected chi connectivity index (χ0v) is 30.6. The second-order valence-electron chi connectivity index (χ2n) is 15.4. The van der Waals surface area contributed by atoms with E-state index in [2.05, 4.69) is 151 Å². The number of fused-ring (bicyclic) bond motifs is 12. The van der Waals surface area contributed by atoms with Gasteiger partial charge in [0.2, 0.25) is 5.36 Å². The van der Waals surface area contributed by atoms with Crippen LogP contribution in [0.2, 0.25) is 0 Å². The lowest BCUT2D eigenvalue weighted by Crippen LogP contribution is -2.43. The normalized spacial score (nSPS) is 16.4. The number of ether oxygens (including phenoxy) is 1. The van der Waals surface area contributed by atoms with E-state index in [0.717, 1.165) is 50.5 Å². The molecule has 0 radical (unpaired) electrons. The maximum atomic E-state index is 6.81. The number of anilines is 1. The maximum absolute atomic E-state index is 6.81. The Balaban J connectivity index is 1.37. The Hall–Kier alpha value is -5.67. The van der Waals surface area contributed by atoms with E-state index >= 15 is 0 Å². The van der Waals surface area contributed by atoms with Crippen molar-refractivity contribution in [2.75, 3.05) is 31.1 Å². The average molecular weight is 688 g/mol. The molecule has 0 bridgehead atoms. The Morgan fingerprint density at radius 3 is 2.06 bits per heavy atom. The summed E-state index contributed by atoms with van der Waals surface area (Å²) in [6.07, 6.45) is 4.67. The smallest absolute Gasteiger partial charge is 0.203 e. The summed E-state index contributed by atoms with van der Waals surface area (Å²) in [7, 11) is 0. The van der Waals surface area contributed by atoms with Crippen LogP contribution < -0.4 is 24.8 Å². The van der Waals surface area contributed by atoms with Crippen molar-refractivity contribution in [1.29, 1.82) is 0 Å². The highest BCUT2D eigenvalue weighted by atomic mass is 16.5. The largest absolute Gasteiger partial charge is 0.457 e. The molecule has 53 heavy (non-hydrogen) atoms. The van der Waals surface area contributed by atoms with E-state index in [4.69, 9.17) is 4.74 Å². The quantitative estimate of drug-likeness (QED) is 0.172. The van der Waals surface area contributed by atoms with Crippen molar-refractivity contribution in [3.05, 3.63) is 182 Å². The standard InChI is InChI=1S/C50H43N2O/c1-3-51-22-12-16-33-24-35-26-39-43(28-37(35)30-45(33)51)50(41-18-8-10-20-47(41)53-48-21-11-9-19-42(48)50)44-29-38-31-46-34(17-13-23-52(46)4-2)25-36(38)27-40(44)49(39)32-14-6-5-7-15-32/h5-11,14-15,18-21,24-31H,3-4,12-13,16-17,22-23H2,1-2H3/q+1. The molecule has 7 aromatic carbocycles. The molecule has 0 fully saturated rings. The molecular formula is C50H43N2O+. The van der Waals surface area contributed by atoms with Gasteiger partial charge in [-0.25, -0.2) is 4.58 Å². The Labute approximate surface area is 311 Å². The van der Waals surface area contributed by atoms with Gasteiger partial charge < -0.3 is 9.64 Å². The van der Waals surface area contributed by atoms with Crippen LogP contribution in [0.25, 0.3) is 27.1 Å². The fourth-order valence-corrected chi connectivity index (χ4v) is 10.4. The van der Waals surface area contributed by atoms with E-state index in [1.165, 1.54) is 101 Å². The van der Waals surface area contributed by atoms with Crippen LogP contribution in [-0.4, -0.2) is 26.2 Å². The predicted molar refractivity (Wildman–Crippen MR) is 218 cm³/mol. The van der Waals surface area contributed by atoms with Crippen molar-refractivity contribution in [2.45, 2.75) is 44.9 Å². The summed E-state index contributed by atoms with van der Waals surface area (Å²) in [4.78, 5) is 2.57. The van der Waals surface area contributed by atoms with Crippen LogP contribution in [0.3, 0.4) is 0 Å². The number of aryl methyl sites for hydroxylation is 2. The molecule has 4 aliphatic rings. The third-order valence-electron chi connectivity index (χ3n) is 12.8. The van der Waals surface area contributed by atoms with Crippen LogP contribution in [0.4, 0.5) is 5.69 Å². The first kappa shape index (κ1) is 30.9. The van der Waals surface area contributed by atoms with Crippen LogP contribution >= 0.6 is 0 Å². The Morgan fingerprint density at radius 2 is 1.28 bits per heavy atom. The molecular weight excluding hydrogens is 645 g/mol. The van der Waals surface area contributed by atoms with E-state index in [1.54, 1.807) is 0 Å². The Bertz CT molecular complexity index is 2750. The van der Waals surface area contributed by atoms with Gasteiger partial charge in [0, 0.05) is 48.0 Å². The predicted octanol–water partition coefficient (Wildman–Crippen LogP) is 9.27. The molecule has 3 aliphatic heterocycles. The number of nitrogens with zero attached hydrogens (tertiary/aromatic N) is 2. The van der Waals surface area contributed by atoms with Crippen molar-refractivity contribution in [1.82, 2.24) is 4.58 Å². The molecule has 7 aromatic rings. The summed E-state index contributed by atoms with van der Waals surface area (Å²) < 4.78 is 9.37. The minimum absolute atomic E-state index is 0.600. The first-order valence-corrected chi connectivity index (χ1v) is 19.7. The Morgan fingerprint density at radius 1 is 0.623 bits per heavy atom. The topological polar surface area (TPSA) is 15.5 Å². The number of benzene rings is 7. The lowest BCUT2D eigenvalue weighted by atomic mass is 9.58. The van der Waals surface area contributed by atoms with Gasteiger partial charge >= 0.3 is 0 Å². The van der Waals surface area contributed by atoms with Crippen molar-refractivity contribution < 1.29 is 4.74 Å². The number of para-hydroxylation sites is 2. The summed E-state index contributed by atoms with van der Waals surface area (Å²) in [5.41, 5.74) is 12.7. The third-order valence-corrected chi connectivity index (χ3v) is 12.8. The van der Waals surface area contributed by atoms with E-state index in [-0.39, 0.29) is 0 Å². The first-order valence-electron chi connectivity index (χ1n) is 19.7. The minimum Gasteiger partial charge on any atom is -0.457 e. The molecule has 11 rings (SSSR count). The zero-order chi connectivity index (χ0) is 35.3. The summed E-state index contributed by atoms with van der Waals surface area (Å²) in [5, 5.41) is 7.93. The first-order chi connectivity index (χ1) is 26.1. The maximum Gasteiger partial charge on any atom is 0.203 e. The molecule has 0 unspecified atom stereocenters. The van der Waals surface area contributed by atoms with Gasteiger partial charge in [-0.05, 0) is 148 Å². The molecule has 3 nitrogen and oxygen atoms in total. The molecule has 3 heterocycles. The molecule has 258 valence electrons. The van der Waals surface area contributed by atoms with Gasteiger partial charge in [0.25, 0.3) is 0 Å². The summed E-state index contributed by atoms with van der Waals surface area (Å²) >= 11 is 0. The highest BCUT2D eigenvalue weighted by molar-refractivity contribution is 5.99. The van der Waals surface area contributed by atoms with Gasteiger partial charge in [-0.15, -0.1) is 0 Å². The lowest BCUT2D eigenvalue weighted by molar-refractivity contribution is 0.433. The van der Waals surface area contributed by atoms with Crippen LogP contribution in [-0.2, 0) is 18.3 Å². The van der Waals surface area contributed by atoms with Gasteiger partial charge in [-0.1, -0.05) is 66.7 Å². The number of rotatable bonds is 3. The van der Waals surface area contributed by atoms with Gasteiger partial charge in [0.15, 0.2) is 0 Å². The molecule has 0 atom stereocenters. The van der Waals surface area contributed by atoms with Gasteiger partial charge in [0.1, 0.15) is 24.6 Å².